The third-order valence-electron chi connectivity index (χ3n) is 3.78. The number of benzene rings is 2. The van der Waals surface area contributed by atoms with Crippen LogP contribution in [0.5, 0.6) is 5.75 Å². The van der Waals surface area contributed by atoms with Gasteiger partial charge in [-0.1, -0.05) is 48.9 Å². The summed E-state index contributed by atoms with van der Waals surface area (Å²) in [6.07, 6.45) is 1.03. The van der Waals surface area contributed by atoms with Crippen LogP contribution in [0, 0.1) is 0 Å². The van der Waals surface area contributed by atoms with Gasteiger partial charge in [0.05, 0.1) is 6.04 Å². The monoisotopic (exact) mass is 287 g/mol. The molecule has 1 aliphatic heterocycles. The van der Waals surface area contributed by atoms with Crippen LogP contribution in [0.1, 0.15) is 36.6 Å². The summed E-state index contributed by atoms with van der Waals surface area (Å²) in [6.45, 7) is 2.89. The molecule has 0 amide bonds. The second kappa shape index (κ2) is 5.86. The van der Waals surface area contributed by atoms with Crippen molar-refractivity contribution in [3.8, 4) is 5.75 Å². The molecule has 20 heavy (non-hydrogen) atoms. The first-order chi connectivity index (χ1) is 9.78. The van der Waals surface area contributed by atoms with E-state index in [0.717, 1.165) is 17.2 Å². The third-order valence-corrected chi connectivity index (χ3v) is 4.03. The molecule has 0 saturated carbocycles. The Balaban J connectivity index is 1.78. The predicted octanol–water partition coefficient (Wildman–Crippen LogP) is 4.51. The minimum Gasteiger partial charge on any atom is -0.491 e. The van der Waals surface area contributed by atoms with Crippen molar-refractivity contribution in [1.29, 1.82) is 0 Å². The molecule has 0 radical (unpaired) electrons. The minimum absolute atomic E-state index is 0.256. The quantitative estimate of drug-likeness (QED) is 0.893. The van der Waals surface area contributed by atoms with Gasteiger partial charge in [-0.05, 0) is 30.2 Å². The van der Waals surface area contributed by atoms with Gasteiger partial charge < -0.3 is 10.1 Å². The molecule has 0 aromatic heterocycles. The van der Waals surface area contributed by atoms with E-state index in [9.17, 15) is 0 Å². The Bertz CT molecular complexity index is 582. The SMILES string of the molecule is CCC(NC1COc2ccccc21)c1ccc(Cl)cc1. The molecule has 2 atom stereocenters. The maximum absolute atomic E-state index is 5.96. The number of halogens is 1. The van der Waals surface area contributed by atoms with Crippen molar-refractivity contribution in [3.63, 3.8) is 0 Å². The lowest BCUT2D eigenvalue weighted by molar-refractivity contribution is 0.296. The fourth-order valence-electron chi connectivity index (χ4n) is 2.69. The molecule has 1 N–H and O–H groups in total. The van der Waals surface area contributed by atoms with Gasteiger partial charge in [0.2, 0.25) is 0 Å². The number of hydrogen-bond donors (Lipinski definition) is 1. The molecule has 3 rings (SSSR count). The van der Waals surface area contributed by atoms with Crippen molar-refractivity contribution >= 4 is 11.6 Å². The molecular formula is C17H18ClNO. The zero-order valence-corrected chi connectivity index (χ0v) is 12.2. The fourth-order valence-corrected chi connectivity index (χ4v) is 2.81. The topological polar surface area (TPSA) is 21.3 Å². The number of ether oxygens (including phenoxy) is 1. The molecule has 1 aliphatic rings. The number of hydrogen-bond acceptors (Lipinski definition) is 2. The summed E-state index contributed by atoms with van der Waals surface area (Å²) in [6, 6.07) is 16.9. The van der Waals surface area contributed by atoms with Gasteiger partial charge >= 0.3 is 0 Å². The van der Waals surface area contributed by atoms with Gasteiger partial charge in [-0.2, -0.15) is 0 Å². The molecular weight excluding hydrogens is 270 g/mol. The van der Waals surface area contributed by atoms with E-state index in [1.165, 1.54) is 11.1 Å². The molecule has 2 aromatic carbocycles. The van der Waals surface area contributed by atoms with Gasteiger partial charge in [-0.15, -0.1) is 0 Å². The molecule has 104 valence electrons. The molecule has 2 unspecified atom stereocenters. The molecule has 0 aliphatic carbocycles. The molecule has 0 bridgehead atoms. The lowest BCUT2D eigenvalue weighted by Crippen LogP contribution is -2.27. The molecule has 0 saturated heterocycles. The average Bonchev–Trinajstić information content (AvgIpc) is 2.89. The van der Waals surface area contributed by atoms with Gasteiger partial charge in [0.1, 0.15) is 12.4 Å². The number of rotatable bonds is 4. The molecule has 2 aromatic rings. The van der Waals surface area contributed by atoms with Crippen LogP contribution in [-0.2, 0) is 0 Å². The second-order valence-electron chi connectivity index (χ2n) is 5.08. The number of para-hydroxylation sites is 1. The van der Waals surface area contributed by atoms with E-state index in [0.29, 0.717) is 12.6 Å². The van der Waals surface area contributed by atoms with Crippen molar-refractivity contribution in [2.24, 2.45) is 0 Å². The van der Waals surface area contributed by atoms with E-state index in [2.05, 4.69) is 36.5 Å². The summed E-state index contributed by atoms with van der Waals surface area (Å²) in [4.78, 5) is 0. The Hall–Kier alpha value is -1.51. The number of nitrogens with one attached hydrogen (secondary N) is 1. The smallest absolute Gasteiger partial charge is 0.124 e. The first-order valence-corrected chi connectivity index (χ1v) is 7.39. The van der Waals surface area contributed by atoms with Crippen LogP contribution in [0.25, 0.3) is 0 Å². The van der Waals surface area contributed by atoms with Crippen molar-refractivity contribution in [2.45, 2.75) is 25.4 Å². The minimum atomic E-state index is 0.256. The maximum atomic E-state index is 5.96. The van der Waals surface area contributed by atoms with Crippen molar-refractivity contribution < 1.29 is 4.74 Å². The van der Waals surface area contributed by atoms with Gasteiger partial charge in [-0.25, -0.2) is 0 Å². The van der Waals surface area contributed by atoms with Crippen LogP contribution in [-0.4, -0.2) is 6.61 Å². The van der Waals surface area contributed by atoms with Crippen LogP contribution in [0.4, 0.5) is 0 Å². The van der Waals surface area contributed by atoms with E-state index in [-0.39, 0.29) is 6.04 Å². The van der Waals surface area contributed by atoms with Crippen LogP contribution in [0.2, 0.25) is 5.02 Å². The Morgan fingerprint density at radius 1 is 1.20 bits per heavy atom. The van der Waals surface area contributed by atoms with E-state index in [1.54, 1.807) is 0 Å². The summed E-state index contributed by atoms with van der Waals surface area (Å²) in [5, 5.41) is 4.47. The zero-order chi connectivity index (χ0) is 13.9. The van der Waals surface area contributed by atoms with Gasteiger partial charge in [0.15, 0.2) is 0 Å². The van der Waals surface area contributed by atoms with Gasteiger partial charge in [-0.3, -0.25) is 0 Å². The maximum Gasteiger partial charge on any atom is 0.124 e. The first kappa shape index (κ1) is 13.5. The van der Waals surface area contributed by atoms with E-state index >= 15 is 0 Å². The average molecular weight is 288 g/mol. The largest absolute Gasteiger partial charge is 0.491 e. The highest BCUT2D eigenvalue weighted by Crippen LogP contribution is 2.34. The number of fused-ring (bicyclic) bond motifs is 1. The Morgan fingerprint density at radius 3 is 2.70 bits per heavy atom. The molecule has 2 nitrogen and oxygen atoms in total. The fraction of sp³-hybridized carbons (Fsp3) is 0.294. The van der Waals surface area contributed by atoms with Crippen molar-refractivity contribution in [2.75, 3.05) is 6.61 Å². The summed E-state index contributed by atoms with van der Waals surface area (Å²) in [5.74, 6) is 0.996. The molecule has 3 heteroatoms. The normalized spacial score (nSPS) is 18.4. The molecule has 0 fully saturated rings. The summed E-state index contributed by atoms with van der Waals surface area (Å²) < 4.78 is 5.73. The van der Waals surface area contributed by atoms with E-state index in [4.69, 9.17) is 16.3 Å². The standard InChI is InChI=1S/C17H18ClNO/c1-2-15(12-7-9-13(18)10-8-12)19-16-11-20-17-6-4-3-5-14(16)17/h3-10,15-16,19H,2,11H2,1H3. The Morgan fingerprint density at radius 2 is 1.95 bits per heavy atom. The highest BCUT2D eigenvalue weighted by molar-refractivity contribution is 6.30. The van der Waals surface area contributed by atoms with Crippen LogP contribution in [0.3, 0.4) is 0 Å². The van der Waals surface area contributed by atoms with Crippen LogP contribution < -0.4 is 10.1 Å². The third kappa shape index (κ3) is 2.67. The van der Waals surface area contributed by atoms with Gasteiger partial charge in [0, 0.05) is 16.6 Å². The zero-order valence-electron chi connectivity index (χ0n) is 11.5. The van der Waals surface area contributed by atoms with Crippen LogP contribution in [0.15, 0.2) is 48.5 Å². The molecule has 1 heterocycles. The van der Waals surface area contributed by atoms with Crippen molar-refractivity contribution in [3.05, 3.63) is 64.7 Å². The highest BCUT2D eigenvalue weighted by atomic mass is 35.5. The van der Waals surface area contributed by atoms with E-state index in [1.807, 2.05) is 24.3 Å². The van der Waals surface area contributed by atoms with Gasteiger partial charge in [0.25, 0.3) is 0 Å². The molecule has 0 spiro atoms. The Kier molecular flexibility index (Phi) is 3.95. The lowest BCUT2D eigenvalue weighted by atomic mass is 10.0. The summed E-state index contributed by atoms with van der Waals surface area (Å²) in [7, 11) is 0. The predicted molar refractivity (Wildman–Crippen MR) is 82.3 cm³/mol. The second-order valence-corrected chi connectivity index (χ2v) is 5.52. The summed E-state index contributed by atoms with van der Waals surface area (Å²) >= 11 is 5.96. The lowest BCUT2D eigenvalue weighted by Gasteiger charge is -2.21. The first-order valence-electron chi connectivity index (χ1n) is 7.01. The summed E-state index contributed by atoms with van der Waals surface area (Å²) in [5.41, 5.74) is 2.51. The van der Waals surface area contributed by atoms with Crippen LogP contribution >= 0.6 is 11.6 Å². The van der Waals surface area contributed by atoms with E-state index < -0.39 is 0 Å². The highest BCUT2D eigenvalue weighted by Gasteiger charge is 2.25. The van der Waals surface area contributed by atoms with Crippen molar-refractivity contribution in [1.82, 2.24) is 5.32 Å². The Labute approximate surface area is 124 Å².